The first-order chi connectivity index (χ1) is 8.72. The summed E-state index contributed by atoms with van der Waals surface area (Å²) in [6.45, 7) is -0.830. The average Bonchev–Trinajstić information content (AvgIpc) is 2.41. The zero-order valence-corrected chi connectivity index (χ0v) is 9.97. The molecule has 1 saturated carbocycles. The largest absolute Gasteiger partial charge is 0.391 e. The molecule has 0 spiro atoms. The number of aliphatic hydroxyl groups is 1. The average molecular weight is 253 g/mol. The van der Waals surface area contributed by atoms with Gasteiger partial charge in [0.2, 0.25) is 0 Å². The highest BCUT2D eigenvalue weighted by molar-refractivity contribution is 5.93. The van der Waals surface area contributed by atoms with Crippen LogP contribution in [-0.4, -0.2) is 33.1 Å². The van der Waals surface area contributed by atoms with Crippen LogP contribution in [0.15, 0.2) is 12.4 Å². The second-order valence-electron chi connectivity index (χ2n) is 4.42. The van der Waals surface area contributed by atoms with Crippen molar-refractivity contribution in [2.24, 2.45) is 0 Å². The summed E-state index contributed by atoms with van der Waals surface area (Å²) in [5.41, 5.74) is 0.0260. The number of halogens is 1. The Kier molecular flexibility index (Phi) is 4.19. The lowest BCUT2D eigenvalue weighted by molar-refractivity contribution is 0.0712. The van der Waals surface area contributed by atoms with E-state index >= 15 is 0 Å². The number of aliphatic hydroxyl groups excluding tert-OH is 1. The van der Waals surface area contributed by atoms with E-state index in [1.54, 1.807) is 0 Å². The van der Waals surface area contributed by atoms with E-state index in [0.717, 1.165) is 19.3 Å². The van der Waals surface area contributed by atoms with E-state index in [-0.39, 0.29) is 17.4 Å². The lowest BCUT2D eigenvalue weighted by Crippen LogP contribution is -2.45. The van der Waals surface area contributed by atoms with Crippen molar-refractivity contribution >= 4 is 5.91 Å². The van der Waals surface area contributed by atoms with E-state index in [1.165, 1.54) is 12.4 Å². The van der Waals surface area contributed by atoms with Crippen molar-refractivity contribution in [1.29, 1.82) is 0 Å². The number of aromatic nitrogens is 2. The highest BCUT2D eigenvalue weighted by atomic mass is 19.1. The van der Waals surface area contributed by atoms with Gasteiger partial charge in [-0.05, 0) is 12.8 Å². The minimum atomic E-state index is -0.830. The predicted octanol–water partition coefficient (Wildman–Crippen LogP) is 0.979. The van der Waals surface area contributed by atoms with Crippen molar-refractivity contribution in [1.82, 2.24) is 15.3 Å². The van der Waals surface area contributed by atoms with E-state index in [1.807, 2.05) is 0 Å². The SMILES string of the molecule is O=C(N[C@@H]1CCCC[C@H]1O)c1nccnc1CF. The smallest absolute Gasteiger partial charge is 0.272 e. The molecular formula is C12H16FN3O2. The molecule has 1 fully saturated rings. The molecule has 2 rings (SSSR count). The number of amides is 1. The van der Waals surface area contributed by atoms with Crippen LogP contribution < -0.4 is 5.32 Å². The van der Waals surface area contributed by atoms with Gasteiger partial charge in [-0.15, -0.1) is 0 Å². The van der Waals surface area contributed by atoms with Gasteiger partial charge in [0.05, 0.1) is 12.1 Å². The van der Waals surface area contributed by atoms with E-state index in [4.69, 9.17) is 0 Å². The molecule has 0 unspecified atom stereocenters. The topological polar surface area (TPSA) is 75.1 Å². The lowest BCUT2D eigenvalue weighted by atomic mass is 9.92. The highest BCUT2D eigenvalue weighted by Crippen LogP contribution is 2.18. The van der Waals surface area contributed by atoms with Crippen LogP contribution in [0.1, 0.15) is 41.9 Å². The summed E-state index contributed by atoms with van der Waals surface area (Å²) >= 11 is 0. The van der Waals surface area contributed by atoms with Gasteiger partial charge in [-0.3, -0.25) is 9.78 Å². The van der Waals surface area contributed by atoms with Crippen LogP contribution in [0, 0.1) is 0 Å². The predicted molar refractivity (Wildman–Crippen MR) is 62.6 cm³/mol. The van der Waals surface area contributed by atoms with E-state index in [9.17, 15) is 14.3 Å². The van der Waals surface area contributed by atoms with Gasteiger partial charge < -0.3 is 10.4 Å². The zero-order chi connectivity index (χ0) is 13.0. The number of carbonyl (C=O) groups excluding carboxylic acids is 1. The van der Waals surface area contributed by atoms with Crippen LogP contribution in [0.4, 0.5) is 4.39 Å². The molecule has 1 aliphatic rings. The van der Waals surface area contributed by atoms with Crippen LogP contribution in [0.2, 0.25) is 0 Å². The van der Waals surface area contributed by atoms with Gasteiger partial charge in [0.25, 0.3) is 5.91 Å². The van der Waals surface area contributed by atoms with Crippen molar-refractivity contribution in [2.45, 2.75) is 44.5 Å². The number of hydrogen-bond acceptors (Lipinski definition) is 4. The molecule has 1 aliphatic carbocycles. The van der Waals surface area contributed by atoms with Crippen molar-refractivity contribution in [2.75, 3.05) is 0 Å². The molecule has 18 heavy (non-hydrogen) atoms. The standard InChI is InChI=1S/C12H16FN3O2/c13-7-9-11(15-6-5-14-9)12(18)16-8-3-1-2-4-10(8)17/h5-6,8,10,17H,1-4,7H2,(H,16,18)/t8-,10-/m1/s1. The highest BCUT2D eigenvalue weighted by Gasteiger charge is 2.26. The Labute approximate surface area is 104 Å². The number of hydrogen-bond donors (Lipinski definition) is 2. The van der Waals surface area contributed by atoms with Crippen LogP contribution in [0.25, 0.3) is 0 Å². The van der Waals surface area contributed by atoms with Gasteiger partial charge >= 0.3 is 0 Å². The number of alkyl halides is 1. The van der Waals surface area contributed by atoms with Crippen molar-refractivity contribution in [3.63, 3.8) is 0 Å². The van der Waals surface area contributed by atoms with Crippen LogP contribution in [0.3, 0.4) is 0 Å². The van der Waals surface area contributed by atoms with Crippen molar-refractivity contribution in [3.05, 3.63) is 23.8 Å². The van der Waals surface area contributed by atoms with E-state index in [2.05, 4.69) is 15.3 Å². The summed E-state index contributed by atoms with van der Waals surface area (Å²) < 4.78 is 12.7. The molecule has 1 heterocycles. The van der Waals surface area contributed by atoms with Gasteiger partial charge in [-0.2, -0.15) is 0 Å². The molecule has 1 aromatic rings. The molecule has 98 valence electrons. The third kappa shape index (κ3) is 2.81. The first kappa shape index (κ1) is 12.9. The molecule has 2 N–H and O–H groups in total. The Morgan fingerprint density at radius 1 is 1.39 bits per heavy atom. The maximum absolute atomic E-state index is 12.7. The Balaban J connectivity index is 2.07. The van der Waals surface area contributed by atoms with Crippen LogP contribution in [-0.2, 0) is 6.67 Å². The molecule has 5 nitrogen and oxygen atoms in total. The molecule has 1 amide bonds. The van der Waals surface area contributed by atoms with Gasteiger partial charge in [0, 0.05) is 12.4 Å². The summed E-state index contributed by atoms with van der Waals surface area (Å²) in [6.07, 6.45) is 5.52. The fourth-order valence-corrected chi connectivity index (χ4v) is 2.17. The number of nitrogens with zero attached hydrogens (tertiary/aromatic N) is 2. The summed E-state index contributed by atoms with van der Waals surface area (Å²) in [5.74, 6) is -0.471. The zero-order valence-electron chi connectivity index (χ0n) is 9.97. The van der Waals surface area contributed by atoms with Gasteiger partial charge in [-0.1, -0.05) is 12.8 Å². The van der Waals surface area contributed by atoms with Gasteiger partial charge in [0.1, 0.15) is 12.4 Å². The molecule has 6 heteroatoms. The maximum atomic E-state index is 12.7. The minimum Gasteiger partial charge on any atom is -0.391 e. The Hall–Kier alpha value is -1.56. The summed E-state index contributed by atoms with van der Waals surface area (Å²) in [7, 11) is 0. The number of carbonyl (C=O) groups is 1. The van der Waals surface area contributed by atoms with Crippen LogP contribution >= 0.6 is 0 Å². The number of rotatable bonds is 3. The molecule has 0 aliphatic heterocycles. The molecule has 0 aromatic carbocycles. The molecule has 0 bridgehead atoms. The fraction of sp³-hybridized carbons (Fsp3) is 0.583. The quantitative estimate of drug-likeness (QED) is 0.842. The van der Waals surface area contributed by atoms with Crippen molar-refractivity contribution in [3.8, 4) is 0 Å². The third-order valence-electron chi connectivity index (χ3n) is 3.16. The maximum Gasteiger partial charge on any atom is 0.272 e. The molecule has 0 saturated heterocycles. The monoisotopic (exact) mass is 253 g/mol. The molecule has 1 aromatic heterocycles. The normalized spacial score (nSPS) is 23.7. The van der Waals surface area contributed by atoms with Crippen molar-refractivity contribution < 1.29 is 14.3 Å². The second kappa shape index (κ2) is 5.86. The number of nitrogens with one attached hydrogen (secondary N) is 1. The minimum absolute atomic E-state index is 0.00206. The molecule has 2 atom stereocenters. The Morgan fingerprint density at radius 2 is 2.11 bits per heavy atom. The van der Waals surface area contributed by atoms with Gasteiger partial charge in [0.15, 0.2) is 5.69 Å². The first-order valence-electron chi connectivity index (χ1n) is 6.07. The molecular weight excluding hydrogens is 237 g/mol. The van der Waals surface area contributed by atoms with E-state index in [0.29, 0.717) is 6.42 Å². The van der Waals surface area contributed by atoms with E-state index < -0.39 is 18.7 Å². The first-order valence-corrected chi connectivity index (χ1v) is 6.07. The second-order valence-corrected chi connectivity index (χ2v) is 4.42. The lowest BCUT2D eigenvalue weighted by Gasteiger charge is -2.28. The fourth-order valence-electron chi connectivity index (χ4n) is 2.17. The van der Waals surface area contributed by atoms with Crippen LogP contribution in [0.5, 0.6) is 0 Å². The summed E-state index contributed by atoms with van der Waals surface area (Å²) in [6, 6.07) is -0.277. The van der Waals surface area contributed by atoms with Gasteiger partial charge in [-0.25, -0.2) is 9.37 Å². The Bertz CT molecular complexity index is 428. The summed E-state index contributed by atoms with van der Waals surface area (Å²) in [5, 5.41) is 12.5. The third-order valence-corrected chi connectivity index (χ3v) is 3.16. The summed E-state index contributed by atoms with van der Waals surface area (Å²) in [4.78, 5) is 19.6. The Morgan fingerprint density at radius 3 is 2.83 bits per heavy atom. The molecule has 0 radical (unpaired) electrons.